The maximum absolute atomic E-state index is 14.3. The van der Waals surface area contributed by atoms with Gasteiger partial charge >= 0.3 is 5.97 Å². The topological polar surface area (TPSA) is 153 Å². The molecule has 10 nitrogen and oxygen atoms in total. The molecule has 2 aliphatic rings. The Balaban J connectivity index is 0.995. The van der Waals surface area contributed by atoms with Crippen LogP contribution in [0.5, 0.6) is 11.5 Å². The fourth-order valence-electron chi connectivity index (χ4n) is 7.92. The summed E-state index contributed by atoms with van der Waals surface area (Å²) in [5, 5.41) is 33.1. The monoisotopic (exact) mass is 860 g/mol. The summed E-state index contributed by atoms with van der Waals surface area (Å²) < 4.78 is 12.3. The van der Waals surface area contributed by atoms with Gasteiger partial charge in [0.15, 0.2) is 11.9 Å². The summed E-state index contributed by atoms with van der Waals surface area (Å²) in [6.07, 6.45) is -0.400. The number of amides is 1. The van der Waals surface area contributed by atoms with E-state index in [9.17, 15) is 24.8 Å². The SMILES string of the molecule is N#Cc1ccc(-c2ccc(C[C@H](NC(=O)[C@@H]3Cc4cc5c(cc4CN3Cc3ccccc3C#N)OC(c3ccc(OCc4ccc(Cl)c(Cl)c4)cc3)C(=O)C5)C(=O)O)cc2)cc1. The molecule has 2 N–H and O–H groups in total. The number of carbonyl (C=O) groups is 3. The number of Topliss-reactive ketones (excluding diaryl/α,β-unsaturated/α-hetero) is 1. The molecule has 62 heavy (non-hydrogen) atoms. The zero-order chi connectivity index (χ0) is 43.3. The van der Waals surface area contributed by atoms with E-state index in [0.717, 1.165) is 38.9 Å². The van der Waals surface area contributed by atoms with E-state index in [1.165, 1.54) is 0 Å². The number of aliphatic carboxylic acids is 1. The lowest BCUT2D eigenvalue weighted by molar-refractivity contribution is -0.142. The summed E-state index contributed by atoms with van der Waals surface area (Å²) in [5.74, 6) is -0.558. The number of carboxylic acids is 1. The highest BCUT2D eigenvalue weighted by molar-refractivity contribution is 6.42. The molecule has 0 aliphatic carbocycles. The Labute approximate surface area is 368 Å². The molecule has 0 bridgehead atoms. The molecule has 0 fully saturated rings. The molecule has 0 aromatic heterocycles. The summed E-state index contributed by atoms with van der Waals surface area (Å²) in [4.78, 5) is 42.4. The highest BCUT2D eigenvalue weighted by Gasteiger charge is 2.37. The number of ether oxygens (including phenoxy) is 2. The third-order valence-electron chi connectivity index (χ3n) is 11.3. The highest BCUT2D eigenvalue weighted by atomic mass is 35.5. The number of rotatable bonds is 12. The first-order valence-electron chi connectivity index (χ1n) is 19.9. The molecular weight excluding hydrogens is 823 g/mol. The van der Waals surface area contributed by atoms with Crippen molar-refractivity contribution in [3.05, 3.63) is 188 Å². The minimum Gasteiger partial charge on any atom is -0.489 e. The molecular formula is C50H38Cl2N4O6. The molecule has 12 heteroatoms. The number of nitrogens with one attached hydrogen (secondary N) is 1. The number of hydrogen-bond donors (Lipinski definition) is 2. The summed E-state index contributed by atoms with van der Waals surface area (Å²) >= 11 is 12.2. The Kier molecular flexibility index (Phi) is 12.4. The van der Waals surface area contributed by atoms with Crippen LogP contribution >= 0.6 is 23.2 Å². The summed E-state index contributed by atoms with van der Waals surface area (Å²) in [7, 11) is 0. The van der Waals surface area contributed by atoms with Crippen molar-refractivity contribution < 1.29 is 29.0 Å². The van der Waals surface area contributed by atoms with Gasteiger partial charge in [0.2, 0.25) is 5.91 Å². The van der Waals surface area contributed by atoms with Gasteiger partial charge in [0.05, 0.1) is 39.4 Å². The van der Waals surface area contributed by atoms with Gasteiger partial charge in [-0.05, 0) is 93.9 Å². The lowest BCUT2D eigenvalue weighted by Gasteiger charge is -2.37. The second kappa shape index (κ2) is 18.3. The van der Waals surface area contributed by atoms with Gasteiger partial charge in [-0.2, -0.15) is 10.5 Å². The van der Waals surface area contributed by atoms with Gasteiger partial charge < -0.3 is 19.9 Å². The third kappa shape index (κ3) is 9.34. The number of nitriles is 2. The van der Waals surface area contributed by atoms with Crippen molar-refractivity contribution in [2.24, 2.45) is 0 Å². The van der Waals surface area contributed by atoms with Crippen LogP contribution in [-0.2, 0) is 53.3 Å². The molecule has 308 valence electrons. The molecule has 0 spiro atoms. The molecule has 1 unspecified atom stereocenters. The van der Waals surface area contributed by atoms with Crippen LogP contribution in [0.15, 0.2) is 127 Å². The zero-order valence-corrected chi connectivity index (χ0v) is 34.7. The Hall–Kier alpha value is -6.95. The maximum atomic E-state index is 14.3. The van der Waals surface area contributed by atoms with Crippen molar-refractivity contribution in [2.45, 2.75) is 57.1 Å². The van der Waals surface area contributed by atoms with E-state index < -0.39 is 30.1 Å². The molecule has 8 rings (SSSR count). The molecule has 0 saturated heterocycles. The fraction of sp³-hybridized carbons (Fsp3) is 0.180. The van der Waals surface area contributed by atoms with Crippen molar-refractivity contribution >= 4 is 40.9 Å². The van der Waals surface area contributed by atoms with E-state index in [1.807, 2.05) is 83.8 Å². The van der Waals surface area contributed by atoms with Gasteiger partial charge in [0.1, 0.15) is 24.1 Å². The molecule has 2 aliphatic heterocycles. The van der Waals surface area contributed by atoms with Crippen LogP contribution in [0, 0.1) is 22.7 Å². The van der Waals surface area contributed by atoms with Crippen molar-refractivity contribution in [1.29, 1.82) is 10.5 Å². The number of benzene rings is 6. The van der Waals surface area contributed by atoms with E-state index in [0.29, 0.717) is 50.3 Å². The van der Waals surface area contributed by atoms with Gasteiger partial charge in [-0.25, -0.2) is 4.79 Å². The average molecular weight is 862 g/mol. The smallest absolute Gasteiger partial charge is 0.326 e. The first-order valence-corrected chi connectivity index (χ1v) is 20.7. The second-order valence-electron chi connectivity index (χ2n) is 15.4. The van der Waals surface area contributed by atoms with Crippen LogP contribution in [0.4, 0.5) is 0 Å². The Morgan fingerprint density at radius 2 is 1.53 bits per heavy atom. The molecule has 6 aromatic rings. The minimum absolute atomic E-state index is 0.0535. The van der Waals surface area contributed by atoms with Crippen molar-refractivity contribution in [2.75, 3.05) is 0 Å². The number of carboxylic acid groups (broad SMARTS) is 1. The van der Waals surface area contributed by atoms with Crippen molar-refractivity contribution in [3.8, 4) is 34.8 Å². The normalized spacial score (nSPS) is 16.1. The van der Waals surface area contributed by atoms with Crippen LogP contribution in [0.3, 0.4) is 0 Å². The van der Waals surface area contributed by atoms with Crippen LogP contribution in [0.1, 0.15) is 56.2 Å². The Morgan fingerprint density at radius 1 is 0.823 bits per heavy atom. The van der Waals surface area contributed by atoms with Crippen LogP contribution < -0.4 is 14.8 Å². The second-order valence-corrected chi connectivity index (χ2v) is 16.2. The van der Waals surface area contributed by atoms with E-state index in [1.54, 1.807) is 48.5 Å². The fourth-order valence-corrected chi connectivity index (χ4v) is 8.24. The summed E-state index contributed by atoms with van der Waals surface area (Å²) in [6.45, 7) is 0.850. The lowest BCUT2D eigenvalue weighted by Crippen LogP contribution is -2.54. The van der Waals surface area contributed by atoms with E-state index in [-0.39, 0.29) is 38.2 Å². The summed E-state index contributed by atoms with van der Waals surface area (Å²) in [5.41, 5.74) is 8.33. The molecule has 2 heterocycles. The van der Waals surface area contributed by atoms with Gasteiger partial charge in [0.25, 0.3) is 0 Å². The molecule has 3 atom stereocenters. The lowest BCUT2D eigenvalue weighted by atomic mass is 9.87. The predicted octanol–water partition coefficient (Wildman–Crippen LogP) is 8.97. The zero-order valence-electron chi connectivity index (χ0n) is 33.2. The molecule has 0 radical (unpaired) electrons. The number of hydrogen-bond acceptors (Lipinski definition) is 8. The van der Waals surface area contributed by atoms with Gasteiger partial charge in [-0.3, -0.25) is 14.5 Å². The Bertz CT molecular complexity index is 2760. The molecule has 0 saturated carbocycles. The van der Waals surface area contributed by atoms with Gasteiger partial charge in [-0.1, -0.05) is 102 Å². The largest absolute Gasteiger partial charge is 0.489 e. The highest BCUT2D eigenvalue weighted by Crippen LogP contribution is 2.38. The quantitative estimate of drug-likeness (QED) is 0.123. The van der Waals surface area contributed by atoms with Crippen molar-refractivity contribution in [1.82, 2.24) is 10.2 Å². The predicted molar refractivity (Wildman–Crippen MR) is 234 cm³/mol. The number of fused-ring (bicyclic) bond motifs is 2. The van der Waals surface area contributed by atoms with Crippen molar-refractivity contribution in [3.63, 3.8) is 0 Å². The summed E-state index contributed by atoms with van der Waals surface area (Å²) in [6, 6.07) is 40.5. The van der Waals surface area contributed by atoms with E-state index >= 15 is 0 Å². The molecule has 6 aromatic carbocycles. The van der Waals surface area contributed by atoms with E-state index in [2.05, 4.69) is 17.5 Å². The standard InChI is InChI=1S/C50H38Cl2N4O6/c51-42-18-9-32(19-43(42)52)29-61-41-16-14-35(15-17-41)48-46(57)23-39-21-38-22-45(56(28-40(38)24-47(39)62-48)27-37-4-2-1-3-36(37)26-54)49(58)55-44(50(59)60)20-30-5-10-33(11-6-30)34-12-7-31(25-53)8-13-34/h1-19,21,24,44-45,48H,20,22-23,27-29H2,(H,55,58)(H,59,60)/t44-,45-,48?/m0/s1. The van der Waals surface area contributed by atoms with Gasteiger partial charge in [-0.15, -0.1) is 0 Å². The number of carbonyl (C=O) groups excluding carboxylic acids is 2. The number of halogens is 2. The molecule has 1 amide bonds. The van der Waals surface area contributed by atoms with Gasteiger partial charge in [0, 0.05) is 37.1 Å². The first kappa shape index (κ1) is 41.8. The van der Waals surface area contributed by atoms with E-state index in [4.69, 9.17) is 37.9 Å². The number of nitrogens with zero attached hydrogens (tertiary/aromatic N) is 3. The Morgan fingerprint density at radius 3 is 2.23 bits per heavy atom. The average Bonchev–Trinajstić information content (AvgIpc) is 3.28. The number of ketones is 1. The van der Waals surface area contributed by atoms with Crippen LogP contribution in [0.2, 0.25) is 10.0 Å². The third-order valence-corrected chi connectivity index (χ3v) is 12.0. The minimum atomic E-state index is -1.22. The van der Waals surface area contributed by atoms with Crippen LogP contribution in [0.25, 0.3) is 11.1 Å². The van der Waals surface area contributed by atoms with Crippen LogP contribution in [-0.4, -0.2) is 39.7 Å². The maximum Gasteiger partial charge on any atom is 0.326 e. The first-order chi connectivity index (χ1) is 30.0.